The lowest BCUT2D eigenvalue weighted by Crippen LogP contribution is -2.26. The van der Waals surface area contributed by atoms with Gasteiger partial charge in [-0.05, 0) is 18.2 Å². The van der Waals surface area contributed by atoms with Gasteiger partial charge in [0.25, 0.3) is 0 Å². The Balaban J connectivity index is 2.53. The minimum Gasteiger partial charge on any atom is -0.395 e. The first-order valence-electron chi connectivity index (χ1n) is 4.70. The Bertz CT molecular complexity index is 263. The highest BCUT2D eigenvalue weighted by Gasteiger charge is 2.02. The van der Waals surface area contributed by atoms with Crippen molar-refractivity contribution in [2.24, 2.45) is 0 Å². The topological polar surface area (TPSA) is 36.4 Å². The van der Waals surface area contributed by atoms with E-state index in [1.54, 1.807) is 12.3 Å². The molecular formula is C10H15ClN2O. The summed E-state index contributed by atoms with van der Waals surface area (Å²) in [4.78, 5) is 6.15. The van der Waals surface area contributed by atoms with Crippen LogP contribution in [0.1, 0.15) is 12.5 Å². The fourth-order valence-corrected chi connectivity index (χ4v) is 1.36. The molecule has 0 bridgehead atoms. The van der Waals surface area contributed by atoms with E-state index in [1.165, 1.54) is 0 Å². The van der Waals surface area contributed by atoms with Gasteiger partial charge >= 0.3 is 0 Å². The molecule has 78 valence electrons. The van der Waals surface area contributed by atoms with Crippen LogP contribution in [0.25, 0.3) is 0 Å². The maximum Gasteiger partial charge on any atom is 0.129 e. The van der Waals surface area contributed by atoms with E-state index in [0.29, 0.717) is 11.7 Å². The zero-order valence-corrected chi connectivity index (χ0v) is 9.04. The quantitative estimate of drug-likeness (QED) is 0.756. The van der Waals surface area contributed by atoms with Crippen LogP contribution in [0, 0.1) is 0 Å². The van der Waals surface area contributed by atoms with Crippen molar-refractivity contribution in [3.8, 4) is 0 Å². The van der Waals surface area contributed by atoms with Crippen LogP contribution in [-0.4, -0.2) is 34.7 Å². The summed E-state index contributed by atoms with van der Waals surface area (Å²) in [7, 11) is 0. The average molecular weight is 215 g/mol. The number of likely N-dealkylation sites (N-methyl/N-ethyl adjacent to an activating group) is 1. The van der Waals surface area contributed by atoms with E-state index < -0.39 is 0 Å². The van der Waals surface area contributed by atoms with E-state index in [2.05, 4.69) is 16.8 Å². The predicted octanol–water partition coefficient (Wildman–Crippen LogP) is 1.55. The molecule has 0 unspecified atom stereocenters. The molecule has 4 heteroatoms. The van der Waals surface area contributed by atoms with Gasteiger partial charge in [-0.1, -0.05) is 24.6 Å². The molecule has 0 fully saturated rings. The second kappa shape index (κ2) is 5.96. The van der Waals surface area contributed by atoms with Crippen molar-refractivity contribution in [2.75, 3.05) is 19.7 Å². The molecule has 0 spiro atoms. The summed E-state index contributed by atoms with van der Waals surface area (Å²) in [6, 6.07) is 3.74. The van der Waals surface area contributed by atoms with E-state index in [0.717, 1.165) is 18.7 Å². The number of hydrogen-bond acceptors (Lipinski definition) is 3. The van der Waals surface area contributed by atoms with Crippen molar-refractivity contribution < 1.29 is 5.11 Å². The van der Waals surface area contributed by atoms with Gasteiger partial charge in [-0.25, -0.2) is 4.98 Å². The number of aliphatic hydroxyl groups is 1. The van der Waals surface area contributed by atoms with Crippen molar-refractivity contribution in [3.63, 3.8) is 0 Å². The highest BCUT2D eigenvalue weighted by molar-refractivity contribution is 6.29. The van der Waals surface area contributed by atoms with Crippen LogP contribution >= 0.6 is 11.6 Å². The summed E-state index contributed by atoms with van der Waals surface area (Å²) in [6.45, 7) is 4.68. The molecule has 1 heterocycles. The van der Waals surface area contributed by atoms with Crippen LogP contribution < -0.4 is 0 Å². The van der Waals surface area contributed by atoms with Gasteiger partial charge in [0, 0.05) is 19.3 Å². The lowest BCUT2D eigenvalue weighted by atomic mass is 10.2. The molecule has 0 radical (unpaired) electrons. The third-order valence-corrected chi connectivity index (χ3v) is 2.28. The van der Waals surface area contributed by atoms with Gasteiger partial charge in [-0.2, -0.15) is 0 Å². The molecule has 0 aliphatic carbocycles. The van der Waals surface area contributed by atoms with Crippen LogP contribution in [0.2, 0.25) is 5.15 Å². The second-order valence-electron chi connectivity index (χ2n) is 3.08. The van der Waals surface area contributed by atoms with Gasteiger partial charge in [0.1, 0.15) is 5.15 Å². The maximum atomic E-state index is 8.81. The fourth-order valence-electron chi connectivity index (χ4n) is 1.25. The number of pyridine rings is 1. The first kappa shape index (κ1) is 11.4. The SMILES string of the molecule is CCN(CCO)Cc1ccc(Cl)nc1. The molecule has 1 N–H and O–H groups in total. The molecular weight excluding hydrogens is 200 g/mol. The molecule has 0 amide bonds. The van der Waals surface area contributed by atoms with E-state index >= 15 is 0 Å². The zero-order valence-electron chi connectivity index (χ0n) is 8.28. The summed E-state index contributed by atoms with van der Waals surface area (Å²) in [6.07, 6.45) is 1.77. The predicted molar refractivity (Wildman–Crippen MR) is 57.3 cm³/mol. The monoisotopic (exact) mass is 214 g/mol. The first-order valence-corrected chi connectivity index (χ1v) is 5.07. The molecule has 1 aromatic heterocycles. The third kappa shape index (κ3) is 3.62. The van der Waals surface area contributed by atoms with E-state index in [-0.39, 0.29) is 6.61 Å². The van der Waals surface area contributed by atoms with E-state index in [1.807, 2.05) is 6.07 Å². The number of hydrogen-bond donors (Lipinski definition) is 1. The molecule has 3 nitrogen and oxygen atoms in total. The van der Waals surface area contributed by atoms with Crippen molar-refractivity contribution in [3.05, 3.63) is 29.0 Å². The lowest BCUT2D eigenvalue weighted by Gasteiger charge is -2.18. The summed E-state index contributed by atoms with van der Waals surface area (Å²) in [5.74, 6) is 0. The Kier molecular flexibility index (Phi) is 4.87. The molecule has 0 saturated carbocycles. The Morgan fingerprint density at radius 1 is 1.50 bits per heavy atom. The summed E-state index contributed by atoms with van der Waals surface area (Å²) < 4.78 is 0. The standard InChI is InChI=1S/C10H15ClN2O/c1-2-13(5-6-14)8-9-3-4-10(11)12-7-9/h3-4,7,14H,2,5-6,8H2,1H3. The molecule has 0 aliphatic rings. The van der Waals surface area contributed by atoms with Gasteiger partial charge in [0.05, 0.1) is 6.61 Å². The van der Waals surface area contributed by atoms with Gasteiger partial charge in [-0.15, -0.1) is 0 Å². The zero-order chi connectivity index (χ0) is 10.4. The van der Waals surface area contributed by atoms with Crippen LogP contribution in [0.5, 0.6) is 0 Å². The Labute approximate surface area is 89.3 Å². The van der Waals surface area contributed by atoms with Crippen molar-refractivity contribution in [1.82, 2.24) is 9.88 Å². The smallest absolute Gasteiger partial charge is 0.129 e. The van der Waals surface area contributed by atoms with Crippen molar-refractivity contribution in [1.29, 1.82) is 0 Å². The number of rotatable bonds is 5. The number of halogens is 1. The molecule has 0 saturated heterocycles. The largest absolute Gasteiger partial charge is 0.395 e. The van der Waals surface area contributed by atoms with Crippen LogP contribution in [0.15, 0.2) is 18.3 Å². The molecule has 0 atom stereocenters. The Hall–Kier alpha value is -0.640. The summed E-state index contributed by atoms with van der Waals surface area (Å²) in [5, 5.41) is 9.32. The molecule has 14 heavy (non-hydrogen) atoms. The normalized spacial score (nSPS) is 10.9. The van der Waals surface area contributed by atoms with E-state index in [4.69, 9.17) is 16.7 Å². The van der Waals surface area contributed by atoms with Crippen molar-refractivity contribution >= 4 is 11.6 Å². The fraction of sp³-hybridized carbons (Fsp3) is 0.500. The highest BCUT2D eigenvalue weighted by Crippen LogP contribution is 2.07. The van der Waals surface area contributed by atoms with Gasteiger partial charge in [-0.3, -0.25) is 4.90 Å². The molecule has 1 aromatic rings. The highest BCUT2D eigenvalue weighted by atomic mass is 35.5. The number of nitrogens with zero attached hydrogens (tertiary/aromatic N) is 2. The third-order valence-electron chi connectivity index (χ3n) is 2.06. The summed E-state index contributed by atoms with van der Waals surface area (Å²) in [5.41, 5.74) is 1.12. The van der Waals surface area contributed by atoms with Gasteiger partial charge < -0.3 is 5.11 Å². The number of aromatic nitrogens is 1. The van der Waals surface area contributed by atoms with Crippen LogP contribution in [-0.2, 0) is 6.54 Å². The van der Waals surface area contributed by atoms with Crippen LogP contribution in [0.4, 0.5) is 0 Å². The molecule has 0 aliphatic heterocycles. The van der Waals surface area contributed by atoms with Crippen molar-refractivity contribution in [2.45, 2.75) is 13.5 Å². The molecule has 1 rings (SSSR count). The van der Waals surface area contributed by atoms with Gasteiger partial charge in [0.2, 0.25) is 0 Å². The molecule has 0 aromatic carbocycles. The Morgan fingerprint density at radius 2 is 2.29 bits per heavy atom. The first-order chi connectivity index (χ1) is 6.76. The van der Waals surface area contributed by atoms with Crippen LogP contribution in [0.3, 0.4) is 0 Å². The lowest BCUT2D eigenvalue weighted by molar-refractivity contribution is 0.196. The average Bonchev–Trinajstić information content (AvgIpc) is 2.20. The maximum absolute atomic E-state index is 8.81. The minimum atomic E-state index is 0.189. The Morgan fingerprint density at radius 3 is 2.79 bits per heavy atom. The van der Waals surface area contributed by atoms with Gasteiger partial charge in [0.15, 0.2) is 0 Å². The second-order valence-corrected chi connectivity index (χ2v) is 3.47. The minimum absolute atomic E-state index is 0.189. The summed E-state index contributed by atoms with van der Waals surface area (Å²) >= 11 is 5.68. The number of aliphatic hydroxyl groups excluding tert-OH is 1. The van der Waals surface area contributed by atoms with E-state index in [9.17, 15) is 0 Å².